The molecule has 0 atom stereocenters. The lowest BCUT2D eigenvalue weighted by Gasteiger charge is -2.13. The Morgan fingerprint density at radius 1 is 1.08 bits per heavy atom. The molecule has 7 heteroatoms. The molecule has 0 heterocycles. The third-order valence-electron chi connectivity index (χ3n) is 3.15. The molecular weight excluding hydrogens is 312 g/mol. The highest BCUT2D eigenvalue weighted by molar-refractivity contribution is 6.05. The maximum Gasteiger partial charge on any atom is 0.269 e. The first-order valence-corrected chi connectivity index (χ1v) is 7.50. The first kappa shape index (κ1) is 17.3. The molecule has 0 radical (unpaired) electrons. The fourth-order valence-corrected chi connectivity index (χ4v) is 2.07. The van der Waals surface area contributed by atoms with Crippen LogP contribution in [0.5, 0.6) is 11.5 Å². The normalized spacial score (nSPS) is 10.1. The second kappa shape index (κ2) is 7.96. The van der Waals surface area contributed by atoms with Crippen LogP contribution in [-0.4, -0.2) is 24.0 Å². The van der Waals surface area contributed by atoms with Crippen LogP contribution < -0.4 is 14.8 Å². The van der Waals surface area contributed by atoms with E-state index in [4.69, 9.17) is 9.47 Å². The van der Waals surface area contributed by atoms with Crippen molar-refractivity contribution in [3.05, 3.63) is 58.1 Å². The zero-order valence-corrected chi connectivity index (χ0v) is 13.4. The number of non-ortho nitro benzene ring substituents is 1. The van der Waals surface area contributed by atoms with Gasteiger partial charge in [-0.1, -0.05) is 0 Å². The fourth-order valence-electron chi connectivity index (χ4n) is 2.07. The van der Waals surface area contributed by atoms with Crippen molar-refractivity contribution in [1.29, 1.82) is 0 Å². The van der Waals surface area contributed by atoms with Gasteiger partial charge in [-0.2, -0.15) is 0 Å². The molecule has 2 rings (SSSR count). The lowest BCUT2D eigenvalue weighted by atomic mass is 10.2. The zero-order chi connectivity index (χ0) is 17.5. The maximum absolute atomic E-state index is 12.3. The summed E-state index contributed by atoms with van der Waals surface area (Å²) in [6.07, 6.45) is 0. The predicted molar refractivity (Wildman–Crippen MR) is 89.8 cm³/mol. The van der Waals surface area contributed by atoms with E-state index in [9.17, 15) is 14.9 Å². The summed E-state index contributed by atoms with van der Waals surface area (Å²) in [4.78, 5) is 22.5. The van der Waals surface area contributed by atoms with Gasteiger partial charge in [-0.05, 0) is 38.1 Å². The molecule has 24 heavy (non-hydrogen) atoms. The molecule has 0 bridgehead atoms. The van der Waals surface area contributed by atoms with Crippen molar-refractivity contribution >= 4 is 17.3 Å². The van der Waals surface area contributed by atoms with Crippen molar-refractivity contribution in [3.63, 3.8) is 0 Å². The van der Waals surface area contributed by atoms with E-state index in [-0.39, 0.29) is 11.6 Å². The fraction of sp³-hybridized carbons (Fsp3) is 0.235. The minimum atomic E-state index is -0.513. The second-order valence-corrected chi connectivity index (χ2v) is 4.78. The molecule has 0 aliphatic carbocycles. The van der Waals surface area contributed by atoms with E-state index in [0.29, 0.717) is 36.0 Å². The summed E-state index contributed by atoms with van der Waals surface area (Å²) in [5, 5.41) is 13.4. The highest BCUT2D eigenvalue weighted by Crippen LogP contribution is 2.30. The van der Waals surface area contributed by atoms with Crippen LogP contribution in [0.25, 0.3) is 0 Å². The van der Waals surface area contributed by atoms with Gasteiger partial charge in [0.2, 0.25) is 0 Å². The van der Waals surface area contributed by atoms with Gasteiger partial charge in [0.05, 0.1) is 23.8 Å². The van der Waals surface area contributed by atoms with Gasteiger partial charge < -0.3 is 14.8 Å². The molecule has 1 N–H and O–H groups in total. The molecule has 0 spiro atoms. The summed E-state index contributed by atoms with van der Waals surface area (Å²) < 4.78 is 10.9. The SMILES string of the molecule is CCOc1ccc(OCC)c(NC(=O)c2ccc([N+](=O)[O-])cc2)c1. The van der Waals surface area contributed by atoms with Gasteiger partial charge in [0.1, 0.15) is 11.5 Å². The summed E-state index contributed by atoms with van der Waals surface area (Å²) in [6, 6.07) is 10.5. The van der Waals surface area contributed by atoms with E-state index in [1.807, 2.05) is 13.8 Å². The maximum atomic E-state index is 12.3. The van der Waals surface area contributed by atoms with Gasteiger partial charge in [0, 0.05) is 23.8 Å². The summed E-state index contributed by atoms with van der Waals surface area (Å²) in [7, 11) is 0. The Morgan fingerprint density at radius 3 is 2.33 bits per heavy atom. The van der Waals surface area contributed by atoms with Crippen LogP contribution in [0, 0.1) is 10.1 Å². The number of anilines is 1. The van der Waals surface area contributed by atoms with Crippen molar-refractivity contribution in [2.75, 3.05) is 18.5 Å². The number of nitro benzene ring substituents is 1. The number of hydrogen-bond acceptors (Lipinski definition) is 5. The van der Waals surface area contributed by atoms with Crippen LogP contribution in [-0.2, 0) is 0 Å². The molecule has 0 aromatic heterocycles. The molecule has 0 aliphatic heterocycles. The standard InChI is InChI=1S/C17H18N2O5/c1-3-23-14-9-10-16(24-4-2)15(11-14)18-17(20)12-5-7-13(8-6-12)19(21)22/h5-11H,3-4H2,1-2H3,(H,18,20). The lowest BCUT2D eigenvalue weighted by molar-refractivity contribution is -0.384. The molecule has 126 valence electrons. The number of carbonyl (C=O) groups excluding carboxylic acids is 1. The van der Waals surface area contributed by atoms with Crippen LogP contribution in [0.15, 0.2) is 42.5 Å². The quantitative estimate of drug-likeness (QED) is 0.618. The Kier molecular flexibility index (Phi) is 5.73. The van der Waals surface area contributed by atoms with Gasteiger partial charge in [0.15, 0.2) is 0 Å². The van der Waals surface area contributed by atoms with Gasteiger partial charge in [0.25, 0.3) is 11.6 Å². The minimum Gasteiger partial charge on any atom is -0.494 e. The van der Waals surface area contributed by atoms with E-state index < -0.39 is 4.92 Å². The van der Waals surface area contributed by atoms with E-state index in [1.165, 1.54) is 24.3 Å². The van der Waals surface area contributed by atoms with E-state index >= 15 is 0 Å². The van der Waals surface area contributed by atoms with Crippen molar-refractivity contribution < 1.29 is 19.2 Å². The highest BCUT2D eigenvalue weighted by atomic mass is 16.6. The molecule has 0 fully saturated rings. The molecule has 0 saturated heterocycles. The zero-order valence-electron chi connectivity index (χ0n) is 13.4. The van der Waals surface area contributed by atoms with Crippen LogP contribution >= 0.6 is 0 Å². The predicted octanol–water partition coefficient (Wildman–Crippen LogP) is 3.64. The van der Waals surface area contributed by atoms with Gasteiger partial charge in [-0.3, -0.25) is 14.9 Å². The molecule has 2 aromatic carbocycles. The van der Waals surface area contributed by atoms with Gasteiger partial charge in [-0.25, -0.2) is 0 Å². The summed E-state index contributed by atoms with van der Waals surface area (Å²) in [5.41, 5.74) is 0.718. The Hall–Kier alpha value is -3.09. The molecule has 7 nitrogen and oxygen atoms in total. The smallest absolute Gasteiger partial charge is 0.269 e. The number of rotatable bonds is 7. The summed E-state index contributed by atoms with van der Waals surface area (Å²) in [5.74, 6) is 0.746. The van der Waals surface area contributed by atoms with E-state index in [0.717, 1.165) is 0 Å². The molecule has 0 aliphatic rings. The Labute approximate surface area is 139 Å². The van der Waals surface area contributed by atoms with Crippen LogP contribution in [0.2, 0.25) is 0 Å². The third-order valence-corrected chi connectivity index (χ3v) is 3.15. The Balaban J connectivity index is 2.22. The third kappa shape index (κ3) is 4.22. The van der Waals surface area contributed by atoms with Gasteiger partial charge in [-0.15, -0.1) is 0 Å². The second-order valence-electron chi connectivity index (χ2n) is 4.78. The van der Waals surface area contributed by atoms with E-state index in [1.54, 1.807) is 18.2 Å². The molecule has 0 unspecified atom stereocenters. The van der Waals surface area contributed by atoms with Crippen molar-refractivity contribution in [2.24, 2.45) is 0 Å². The number of nitrogens with one attached hydrogen (secondary N) is 1. The minimum absolute atomic E-state index is 0.0695. The number of nitro groups is 1. The number of benzene rings is 2. The summed E-state index contributed by atoms with van der Waals surface area (Å²) >= 11 is 0. The van der Waals surface area contributed by atoms with Crippen LogP contribution in [0.4, 0.5) is 11.4 Å². The van der Waals surface area contributed by atoms with Gasteiger partial charge >= 0.3 is 0 Å². The first-order valence-electron chi connectivity index (χ1n) is 7.50. The largest absolute Gasteiger partial charge is 0.494 e. The Bertz CT molecular complexity index is 728. The molecular formula is C17H18N2O5. The number of nitrogens with zero attached hydrogens (tertiary/aromatic N) is 1. The number of amides is 1. The average Bonchev–Trinajstić information content (AvgIpc) is 2.57. The first-order chi connectivity index (χ1) is 11.5. The number of hydrogen-bond donors (Lipinski definition) is 1. The number of carbonyl (C=O) groups is 1. The van der Waals surface area contributed by atoms with Crippen molar-refractivity contribution in [2.45, 2.75) is 13.8 Å². The summed E-state index contributed by atoms with van der Waals surface area (Å²) in [6.45, 7) is 4.67. The van der Waals surface area contributed by atoms with Crippen LogP contribution in [0.1, 0.15) is 24.2 Å². The van der Waals surface area contributed by atoms with Crippen molar-refractivity contribution in [1.82, 2.24) is 0 Å². The molecule has 1 amide bonds. The highest BCUT2D eigenvalue weighted by Gasteiger charge is 2.13. The monoisotopic (exact) mass is 330 g/mol. The lowest BCUT2D eigenvalue weighted by Crippen LogP contribution is -2.13. The van der Waals surface area contributed by atoms with Crippen molar-refractivity contribution in [3.8, 4) is 11.5 Å². The van der Waals surface area contributed by atoms with Crippen LogP contribution in [0.3, 0.4) is 0 Å². The van der Waals surface area contributed by atoms with E-state index in [2.05, 4.69) is 5.32 Å². The topological polar surface area (TPSA) is 90.7 Å². The molecule has 0 saturated carbocycles. The Morgan fingerprint density at radius 2 is 1.75 bits per heavy atom. The molecule has 2 aromatic rings. The average molecular weight is 330 g/mol. The number of ether oxygens (including phenoxy) is 2.